The molecule has 0 bridgehead atoms. The molecule has 0 spiro atoms. The summed E-state index contributed by atoms with van der Waals surface area (Å²) in [5.41, 5.74) is 2.82. The highest BCUT2D eigenvalue weighted by molar-refractivity contribution is 5.25. The average Bonchev–Trinajstić information content (AvgIpc) is 2.66. The van der Waals surface area contributed by atoms with Crippen molar-refractivity contribution in [3.8, 4) is 0 Å². The normalized spacial score (nSPS) is 21.9. The lowest BCUT2D eigenvalue weighted by atomic mass is 10.0. The van der Waals surface area contributed by atoms with Crippen LogP contribution in [0, 0.1) is 12.8 Å². The Morgan fingerprint density at radius 1 is 1.50 bits per heavy atom. The second kappa shape index (κ2) is 4.96. The van der Waals surface area contributed by atoms with E-state index in [9.17, 15) is 0 Å². The Kier molecular flexibility index (Phi) is 3.59. The quantitative estimate of drug-likeness (QED) is 0.774. The van der Waals surface area contributed by atoms with Crippen LogP contribution < -0.4 is 0 Å². The Hall–Kier alpha value is -0.890. The maximum Gasteiger partial charge on any atom is 0.0366 e. The summed E-state index contributed by atoms with van der Waals surface area (Å²) in [6, 6.07) is 2.73. The van der Waals surface area contributed by atoms with E-state index in [0.29, 0.717) is 6.04 Å². The summed E-state index contributed by atoms with van der Waals surface area (Å²) >= 11 is 0. The molecule has 1 fully saturated rings. The molecule has 1 unspecified atom stereocenters. The Morgan fingerprint density at radius 3 is 3.00 bits per heavy atom. The van der Waals surface area contributed by atoms with Gasteiger partial charge in [-0.05, 0) is 49.4 Å². The van der Waals surface area contributed by atoms with Crippen molar-refractivity contribution < 1.29 is 0 Å². The number of aromatic nitrogens is 1. The number of hydrogen-bond acceptors (Lipinski definition) is 2. The third-order valence-corrected chi connectivity index (χ3v) is 3.40. The van der Waals surface area contributed by atoms with E-state index in [4.69, 9.17) is 0 Å². The van der Waals surface area contributed by atoms with Crippen LogP contribution in [0.4, 0.5) is 0 Å². The van der Waals surface area contributed by atoms with E-state index in [2.05, 4.69) is 42.9 Å². The van der Waals surface area contributed by atoms with Crippen LogP contribution in [-0.2, 0) is 0 Å². The molecule has 1 aromatic heterocycles. The van der Waals surface area contributed by atoms with Crippen LogP contribution >= 0.6 is 0 Å². The zero-order valence-corrected chi connectivity index (χ0v) is 10.6. The predicted molar refractivity (Wildman–Crippen MR) is 67.4 cm³/mol. The van der Waals surface area contributed by atoms with Crippen LogP contribution in [-0.4, -0.2) is 23.0 Å². The largest absolute Gasteiger partial charge is 0.296 e. The van der Waals surface area contributed by atoms with E-state index in [0.717, 1.165) is 5.92 Å². The molecule has 0 amide bonds. The number of pyridine rings is 1. The van der Waals surface area contributed by atoms with E-state index in [1.165, 1.54) is 37.1 Å². The predicted octanol–water partition coefficient (Wildman–Crippen LogP) is 3.18. The summed E-state index contributed by atoms with van der Waals surface area (Å²) in [5.74, 6) is 0.748. The fourth-order valence-electron chi connectivity index (χ4n) is 2.69. The molecule has 1 aromatic rings. The zero-order chi connectivity index (χ0) is 11.5. The maximum absolute atomic E-state index is 4.28. The first-order valence-electron chi connectivity index (χ1n) is 6.33. The Bertz CT molecular complexity index is 346. The first kappa shape index (κ1) is 11.6. The van der Waals surface area contributed by atoms with Crippen molar-refractivity contribution in [2.24, 2.45) is 5.92 Å². The van der Waals surface area contributed by atoms with Gasteiger partial charge in [-0.25, -0.2) is 0 Å². The number of nitrogens with zero attached hydrogens (tertiary/aromatic N) is 2. The van der Waals surface area contributed by atoms with Crippen molar-refractivity contribution in [2.75, 3.05) is 13.1 Å². The highest BCUT2D eigenvalue weighted by Gasteiger charge is 2.27. The average molecular weight is 218 g/mol. The van der Waals surface area contributed by atoms with E-state index in [1.54, 1.807) is 0 Å². The number of aryl methyl sites for hydroxylation is 1. The van der Waals surface area contributed by atoms with Gasteiger partial charge in [-0.3, -0.25) is 9.88 Å². The van der Waals surface area contributed by atoms with E-state index < -0.39 is 0 Å². The van der Waals surface area contributed by atoms with E-state index in [1.807, 2.05) is 6.20 Å². The highest BCUT2D eigenvalue weighted by Crippen LogP contribution is 2.33. The molecule has 1 atom stereocenters. The monoisotopic (exact) mass is 218 g/mol. The molecule has 0 radical (unpaired) electrons. The molecular weight excluding hydrogens is 196 g/mol. The maximum atomic E-state index is 4.28. The molecule has 0 N–H and O–H groups in total. The van der Waals surface area contributed by atoms with Gasteiger partial charge in [0.15, 0.2) is 0 Å². The molecule has 1 aliphatic rings. The minimum atomic E-state index is 0.607. The summed E-state index contributed by atoms with van der Waals surface area (Å²) in [4.78, 5) is 6.90. The number of rotatable bonds is 3. The van der Waals surface area contributed by atoms with Crippen molar-refractivity contribution >= 4 is 0 Å². The topological polar surface area (TPSA) is 16.1 Å². The second-order valence-electron chi connectivity index (χ2n) is 5.28. The molecule has 16 heavy (non-hydrogen) atoms. The van der Waals surface area contributed by atoms with Crippen LogP contribution in [0.25, 0.3) is 0 Å². The lowest BCUT2D eigenvalue weighted by Gasteiger charge is -2.27. The van der Waals surface area contributed by atoms with Crippen molar-refractivity contribution in [1.29, 1.82) is 0 Å². The van der Waals surface area contributed by atoms with Crippen LogP contribution in [0.2, 0.25) is 0 Å². The highest BCUT2D eigenvalue weighted by atomic mass is 15.2. The molecule has 2 rings (SSSR count). The summed E-state index contributed by atoms with van der Waals surface area (Å²) in [6.07, 6.45) is 6.56. The van der Waals surface area contributed by atoms with Crippen LogP contribution in [0.3, 0.4) is 0 Å². The SMILES string of the molecule is Cc1ccncc1C1CCCN1CC(C)C. The van der Waals surface area contributed by atoms with Crippen LogP contribution in [0.1, 0.15) is 43.9 Å². The lowest BCUT2D eigenvalue weighted by molar-refractivity contribution is 0.228. The summed E-state index contributed by atoms with van der Waals surface area (Å²) in [7, 11) is 0. The molecular formula is C14H22N2. The van der Waals surface area contributed by atoms with Gasteiger partial charge in [-0.15, -0.1) is 0 Å². The molecule has 1 saturated heterocycles. The van der Waals surface area contributed by atoms with Gasteiger partial charge in [0.25, 0.3) is 0 Å². The van der Waals surface area contributed by atoms with Gasteiger partial charge >= 0.3 is 0 Å². The van der Waals surface area contributed by atoms with Gasteiger partial charge in [0.05, 0.1) is 0 Å². The molecule has 0 saturated carbocycles. The van der Waals surface area contributed by atoms with Crippen molar-refractivity contribution in [2.45, 2.75) is 39.7 Å². The first-order valence-corrected chi connectivity index (χ1v) is 6.33. The molecule has 2 heteroatoms. The molecule has 2 nitrogen and oxygen atoms in total. The standard InChI is InChI=1S/C14H22N2/c1-11(2)10-16-8-4-5-14(16)13-9-15-7-6-12(13)3/h6-7,9,11,14H,4-5,8,10H2,1-3H3. The summed E-state index contributed by atoms with van der Waals surface area (Å²) < 4.78 is 0. The summed E-state index contributed by atoms with van der Waals surface area (Å²) in [6.45, 7) is 9.25. The Labute approximate surface area is 98.7 Å². The lowest BCUT2D eigenvalue weighted by Crippen LogP contribution is -2.27. The Morgan fingerprint density at radius 2 is 2.31 bits per heavy atom. The van der Waals surface area contributed by atoms with Crippen molar-refractivity contribution in [3.63, 3.8) is 0 Å². The summed E-state index contributed by atoms with van der Waals surface area (Å²) in [5, 5.41) is 0. The van der Waals surface area contributed by atoms with Gasteiger partial charge in [0.1, 0.15) is 0 Å². The minimum absolute atomic E-state index is 0.607. The van der Waals surface area contributed by atoms with Gasteiger partial charge in [-0.2, -0.15) is 0 Å². The van der Waals surface area contributed by atoms with E-state index in [-0.39, 0.29) is 0 Å². The third-order valence-electron chi connectivity index (χ3n) is 3.40. The minimum Gasteiger partial charge on any atom is -0.296 e. The smallest absolute Gasteiger partial charge is 0.0366 e. The van der Waals surface area contributed by atoms with Gasteiger partial charge < -0.3 is 0 Å². The molecule has 0 aliphatic carbocycles. The first-order chi connectivity index (χ1) is 7.68. The van der Waals surface area contributed by atoms with E-state index >= 15 is 0 Å². The van der Waals surface area contributed by atoms with Gasteiger partial charge in [0, 0.05) is 25.0 Å². The molecule has 88 valence electrons. The van der Waals surface area contributed by atoms with Gasteiger partial charge in [0.2, 0.25) is 0 Å². The number of likely N-dealkylation sites (tertiary alicyclic amines) is 1. The molecule has 1 aliphatic heterocycles. The van der Waals surface area contributed by atoms with Crippen molar-refractivity contribution in [1.82, 2.24) is 9.88 Å². The van der Waals surface area contributed by atoms with Gasteiger partial charge in [-0.1, -0.05) is 13.8 Å². The fourth-order valence-corrected chi connectivity index (χ4v) is 2.69. The fraction of sp³-hybridized carbons (Fsp3) is 0.643. The number of hydrogen-bond donors (Lipinski definition) is 0. The van der Waals surface area contributed by atoms with Crippen LogP contribution in [0.5, 0.6) is 0 Å². The Balaban J connectivity index is 2.17. The third kappa shape index (κ3) is 2.43. The zero-order valence-electron chi connectivity index (χ0n) is 10.6. The van der Waals surface area contributed by atoms with Crippen molar-refractivity contribution in [3.05, 3.63) is 29.6 Å². The second-order valence-corrected chi connectivity index (χ2v) is 5.28. The molecule has 2 heterocycles. The van der Waals surface area contributed by atoms with Crippen LogP contribution in [0.15, 0.2) is 18.5 Å². The molecule has 0 aromatic carbocycles.